The molecule has 1 amide bonds. The molecule has 48 valence electrons. The predicted octanol–water partition coefficient (Wildman–Crippen LogP) is 0.918. The number of carbonyl (C=O) groups is 1. The Bertz CT molecular complexity index is 160. The predicted molar refractivity (Wildman–Crippen MR) is 35.7 cm³/mol. The second-order valence-electron chi connectivity index (χ2n) is 1.92. The normalized spacial score (nSPS) is 16.9. The monoisotopic (exact) mass is 123 g/mol. The maximum atomic E-state index is 10.8. The minimum atomic E-state index is 0.162. The first kappa shape index (κ1) is 6.08. The van der Waals surface area contributed by atoms with Gasteiger partial charge in [0.2, 0.25) is 5.91 Å². The average molecular weight is 123 g/mol. The Morgan fingerprint density at radius 2 is 2.67 bits per heavy atom. The van der Waals surface area contributed by atoms with Gasteiger partial charge in [-0.05, 0) is 0 Å². The van der Waals surface area contributed by atoms with Crippen LogP contribution in [0.15, 0.2) is 24.9 Å². The highest BCUT2D eigenvalue weighted by Gasteiger charge is 2.11. The van der Waals surface area contributed by atoms with E-state index in [2.05, 4.69) is 6.58 Å². The van der Waals surface area contributed by atoms with Crippen molar-refractivity contribution in [1.82, 2.24) is 4.90 Å². The molecule has 0 saturated heterocycles. The highest BCUT2D eigenvalue weighted by atomic mass is 16.2. The van der Waals surface area contributed by atoms with Crippen molar-refractivity contribution < 1.29 is 4.79 Å². The summed E-state index contributed by atoms with van der Waals surface area (Å²) in [6.45, 7) is 4.17. The molecule has 0 aliphatic carbocycles. The van der Waals surface area contributed by atoms with Crippen LogP contribution in [0.3, 0.4) is 0 Å². The van der Waals surface area contributed by atoms with Gasteiger partial charge in [0.25, 0.3) is 0 Å². The van der Waals surface area contributed by atoms with Gasteiger partial charge in [0.15, 0.2) is 0 Å². The second kappa shape index (κ2) is 2.49. The van der Waals surface area contributed by atoms with Crippen LogP contribution in [0.1, 0.15) is 6.42 Å². The molecule has 0 saturated carbocycles. The molecule has 0 aromatic heterocycles. The maximum absolute atomic E-state index is 10.8. The molecule has 1 aliphatic rings. The smallest absolute Gasteiger partial charge is 0.230 e. The van der Waals surface area contributed by atoms with E-state index in [1.807, 2.05) is 6.08 Å². The summed E-state index contributed by atoms with van der Waals surface area (Å²) in [4.78, 5) is 12.4. The molecule has 0 aromatic carbocycles. The molecule has 9 heavy (non-hydrogen) atoms. The zero-order valence-corrected chi connectivity index (χ0v) is 5.21. The van der Waals surface area contributed by atoms with Gasteiger partial charge in [-0.1, -0.05) is 12.2 Å². The van der Waals surface area contributed by atoms with Crippen LogP contribution in [0.4, 0.5) is 0 Å². The molecular formula is C7H9NO. The Morgan fingerprint density at radius 1 is 1.89 bits per heavy atom. The summed E-state index contributed by atoms with van der Waals surface area (Å²) in [5, 5.41) is 0. The van der Waals surface area contributed by atoms with Crippen molar-refractivity contribution in [2.45, 2.75) is 6.42 Å². The minimum absolute atomic E-state index is 0.162. The maximum Gasteiger partial charge on any atom is 0.230 e. The molecule has 0 spiro atoms. The SMILES string of the molecule is C=CCN1C=CCC1=O. The zero-order chi connectivity index (χ0) is 6.69. The van der Waals surface area contributed by atoms with Crippen LogP contribution in [-0.4, -0.2) is 17.4 Å². The fourth-order valence-corrected chi connectivity index (χ4v) is 0.783. The van der Waals surface area contributed by atoms with Gasteiger partial charge in [-0.15, -0.1) is 6.58 Å². The Hall–Kier alpha value is -1.05. The highest BCUT2D eigenvalue weighted by Crippen LogP contribution is 2.04. The van der Waals surface area contributed by atoms with E-state index >= 15 is 0 Å². The van der Waals surface area contributed by atoms with E-state index in [4.69, 9.17) is 0 Å². The fraction of sp³-hybridized carbons (Fsp3) is 0.286. The van der Waals surface area contributed by atoms with Gasteiger partial charge >= 0.3 is 0 Å². The third-order valence-corrected chi connectivity index (χ3v) is 1.22. The van der Waals surface area contributed by atoms with Gasteiger partial charge in [-0.25, -0.2) is 0 Å². The fourth-order valence-electron chi connectivity index (χ4n) is 0.783. The highest BCUT2D eigenvalue weighted by molar-refractivity contribution is 5.81. The first-order valence-corrected chi connectivity index (χ1v) is 2.91. The topological polar surface area (TPSA) is 20.3 Å². The van der Waals surface area contributed by atoms with Crippen molar-refractivity contribution in [3.8, 4) is 0 Å². The average Bonchev–Trinajstić information content (AvgIpc) is 2.18. The standard InChI is InChI=1S/C7H9NO/c1-2-5-8-6-3-4-7(8)9/h2-3,6H,1,4-5H2. The van der Waals surface area contributed by atoms with E-state index in [0.29, 0.717) is 13.0 Å². The molecule has 1 aliphatic heterocycles. The van der Waals surface area contributed by atoms with Crippen LogP contribution in [0, 0.1) is 0 Å². The van der Waals surface area contributed by atoms with Crippen molar-refractivity contribution >= 4 is 5.91 Å². The summed E-state index contributed by atoms with van der Waals surface area (Å²) < 4.78 is 0. The Kier molecular flexibility index (Phi) is 1.68. The lowest BCUT2D eigenvalue weighted by Gasteiger charge is -2.08. The molecule has 0 unspecified atom stereocenters. The summed E-state index contributed by atoms with van der Waals surface area (Å²) >= 11 is 0. The summed E-state index contributed by atoms with van der Waals surface area (Å²) in [6, 6.07) is 0. The summed E-state index contributed by atoms with van der Waals surface area (Å²) in [5.41, 5.74) is 0. The van der Waals surface area contributed by atoms with Crippen LogP contribution in [0.5, 0.6) is 0 Å². The van der Waals surface area contributed by atoms with Gasteiger partial charge in [-0.2, -0.15) is 0 Å². The third-order valence-electron chi connectivity index (χ3n) is 1.22. The summed E-state index contributed by atoms with van der Waals surface area (Å²) in [6.07, 6.45) is 5.91. The van der Waals surface area contributed by atoms with E-state index in [9.17, 15) is 4.79 Å². The van der Waals surface area contributed by atoms with E-state index in [-0.39, 0.29) is 5.91 Å². The van der Waals surface area contributed by atoms with Crippen molar-refractivity contribution in [3.63, 3.8) is 0 Å². The lowest BCUT2D eigenvalue weighted by molar-refractivity contribution is -0.126. The number of hydrogen-bond acceptors (Lipinski definition) is 1. The van der Waals surface area contributed by atoms with Crippen LogP contribution < -0.4 is 0 Å². The molecule has 0 fully saturated rings. The van der Waals surface area contributed by atoms with Gasteiger partial charge in [0.1, 0.15) is 0 Å². The van der Waals surface area contributed by atoms with Crippen molar-refractivity contribution in [3.05, 3.63) is 24.9 Å². The van der Waals surface area contributed by atoms with Crippen molar-refractivity contribution in [1.29, 1.82) is 0 Å². The summed E-state index contributed by atoms with van der Waals surface area (Å²) in [5.74, 6) is 0.162. The molecule has 2 heteroatoms. The van der Waals surface area contributed by atoms with Crippen molar-refractivity contribution in [2.75, 3.05) is 6.54 Å². The minimum Gasteiger partial charge on any atom is -0.315 e. The summed E-state index contributed by atoms with van der Waals surface area (Å²) in [7, 11) is 0. The van der Waals surface area contributed by atoms with Crippen molar-refractivity contribution in [2.24, 2.45) is 0 Å². The van der Waals surface area contributed by atoms with Crippen LogP contribution in [-0.2, 0) is 4.79 Å². The Balaban J connectivity index is 2.48. The first-order chi connectivity index (χ1) is 4.34. The molecule has 0 aromatic rings. The molecule has 0 N–H and O–H groups in total. The zero-order valence-electron chi connectivity index (χ0n) is 5.21. The van der Waals surface area contributed by atoms with Crippen LogP contribution in [0.25, 0.3) is 0 Å². The first-order valence-electron chi connectivity index (χ1n) is 2.91. The largest absolute Gasteiger partial charge is 0.315 e. The number of amides is 1. The van der Waals surface area contributed by atoms with E-state index in [0.717, 1.165) is 0 Å². The molecule has 0 radical (unpaired) electrons. The van der Waals surface area contributed by atoms with Gasteiger partial charge in [-0.3, -0.25) is 4.79 Å². The van der Waals surface area contributed by atoms with Crippen LogP contribution >= 0.6 is 0 Å². The number of hydrogen-bond donors (Lipinski definition) is 0. The second-order valence-corrected chi connectivity index (χ2v) is 1.92. The molecule has 2 nitrogen and oxygen atoms in total. The van der Waals surface area contributed by atoms with Gasteiger partial charge < -0.3 is 4.90 Å². The Morgan fingerprint density at radius 3 is 3.11 bits per heavy atom. The van der Waals surface area contributed by atoms with Gasteiger partial charge in [0, 0.05) is 19.2 Å². The number of nitrogens with zero attached hydrogens (tertiary/aromatic N) is 1. The lowest BCUT2D eigenvalue weighted by Crippen LogP contribution is -2.20. The van der Waals surface area contributed by atoms with E-state index in [1.54, 1.807) is 17.2 Å². The molecule has 1 rings (SSSR count). The molecular weight excluding hydrogens is 114 g/mol. The number of carbonyl (C=O) groups excluding carboxylic acids is 1. The van der Waals surface area contributed by atoms with E-state index in [1.165, 1.54) is 0 Å². The Labute approximate surface area is 54.5 Å². The quantitative estimate of drug-likeness (QED) is 0.500. The molecule has 1 heterocycles. The van der Waals surface area contributed by atoms with Gasteiger partial charge in [0.05, 0.1) is 0 Å². The van der Waals surface area contributed by atoms with Crippen LogP contribution in [0.2, 0.25) is 0 Å². The molecule has 0 bridgehead atoms. The lowest BCUT2D eigenvalue weighted by atomic mass is 10.4. The number of rotatable bonds is 2. The van der Waals surface area contributed by atoms with E-state index < -0.39 is 0 Å². The third kappa shape index (κ3) is 1.19. The molecule has 0 atom stereocenters.